The molecule has 0 saturated heterocycles. The van der Waals surface area contributed by atoms with Crippen molar-refractivity contribution in [1.29, 1.82) is 0 Å². The molecule has 1 aromatic heterocycles. The first-order valence-electron chi connectivity index (χ1n) is 4.05. The third-order valence-corrected chi connectivity index (χ3v) is 2.14. The summed E-state index contributed by atoms with van der Waals surface area (Å²) in [7, 11) is 0. The number of aryl methyl sites for hydroxylation is 1. The van der Waals surface area contributed by atoms with Crippen LogP contribution in [-0.2, 0) is 13.0 Å². The number of nitrogens with two attached hydrogens (primary N) is 1. The molecule has 0 bridgehead atoms. The molecule has 1 aromatic rings. The Balaban J connectivity index is 2.35. The summed E-state index contributed by atoms with van der Waals surface area (Å²) in [5.74, 6) is 1.63. The largest absolute Gasteiger partial charge is 0.368 e. The third kappa shape index (κ3) is 1.08. The standard InChI is InChI=1S/C7H12N4/c8-7-10-9-6-4-2-1-3-5-11(6)7/h1-5H2,(H2,8,10). The average molecular weight is 152 g/mol. The van der Waals surface area contributed by atoms with E-state index >= 15 is 0 Å². The minimum atomic E-state index is 0.571. The number of fused-ring (bicyclic) bond motifs is 1. The number of aromatic nitrogens is 3. The first kappa shape index (κ1) is 6.64. The molecule has 11 heavy (non-hydrogen) atoms. The minimum absolute atomic E-state index is 0.571. The van der Waals surface area contributed by atoms with Crippen molar-refractivity contribution in [3.8, 4) is 0 Å². The van der Waals surface area contributed by atoms with Gasteiger partial charge < -0.3 is 5.73 Å². The number of nitrogen functional groups attached to an aromatic ring is 1. The lowest BCUT2D eigenvalue weighted by Gasteiger charge is -2.00. The summed E-state index contributed by atoms with van der Waals surface area (Å²) in [6.45, 7) is 0.994. The van der Waals surface area contributed by atoms with Crippen LogP contribution in [0.4, 0.5) is 5.95 Å². The van der Waals surface area contributed by atoms with E-state index in [0.29, 0.717) is 5.95 Å². The van der Waals surface area contributed by atoms with Gasteiger partial charge in [-0.1, -0.05) is 6.42 Å². The number of hydrogen-bond acceptors (Lipinski definition) is 3. The Morgan fingerprint density at radius 1 is 1.18 bits per heavy atom. The van der Waals surface area contributed by atoms with Gasteiger partial charge in [-0.25, -0.2) is 0 Å². The Bertz CT molecular complexity index is 253. The molecule has 1 aliphatic rings. The summed E-state index contributed by atoms with van der Waals surface area (Å²) >= 11 is 0. The van der Waals surface area contributed by atoms with Crippen molar-refractivity contribution < 1.29 is 0 Å². The lowest BCUT2D eigenvalue weighted by atomic mass is 10.2. The van der Waals surface area contributed by atoms with E-state index < -0.39 is 0 Å². The highest BCUT2D eigenvalue weighted by Crippen LogP contribution is 2.14. The zero-order chi connectivity index (χ0) is 7.68. The molecule has 4 nitrogen and oxygen atoms in total. The molecule has 2 N–H and O–H groups in total. The van der Waals surface area contributed by atoms with Gasteiger partial charge in [0, 0.05) is 13.0 Å². The van der Waals surface area contributed by atoms with E-state index in [9.17, 15) is 0 Å². The Kier molecular flexibility index (Phi) is 1.52. The van der Waals surface area contributed by atoms with Crippen molar-refractivity contribution in [3.05, 3.63) is 5.82 Å². The normalized spacial score (nSPS) is 17.5. The summed E-state index contributed by atoms with van der Waals surface area (Å²) in [5.41, 5.74) is 5.62. The predicted molar refractivity (Wildman–Crippen MR) is 42.0 cm³/mol. The highest BCUT2D eigenvalue weighted by atomic mass is 15.3. The van der Waals surface area contributed by atoms with E-state index in [2.05, 4.69) is 10.2 Å². The molecule has 0 spiro atoms. The van der Waals surface area contributed by atoms with Crippen molar-refractivity contribution in [2.75, 3.05) is 5.73 Å². The smallest absolute Gasteiger partial charge is 0.221 e. The highest BCUT2D eigenvalue weighted by Gasteiger charge is 2.11. The fraction of sp³-hybridized carbons (Fsp3) is 0.714. The van der Waals surface area contributed by atoms with Crippen molar-refractivity contribution in [2.45, 2.75) is 32.2 Å². The maximum atomic E-state index is 5.62. The summed E-state index contributed by atoms with van der Waals surface area (Å²) in [6.07, 6.45) is 4.74. The second-order valence-corrected chi connectivity index (χ2v) is 2.94. The van der Waals surface area contributed by atoms with Crippen molar-refractivity contribution in [2.24, 2.45) is 0 Å². The molecular weight excluding hydrogens is 140 g/mol. The SMILES string of the molecule is Nc1nnc2n1CCCCC2. The van der Waals surface area contributed by atoms with E-state index in [1.54, 1.807) is 0 Å². The first-order chi connectivity index (χ1) is 5.38. The van der Waals surface area contributed by atoms with Crippen molar-refractivity contribution >= 4 is 5.95 Å². The number of rotatable bonds is 0. The molecule has 0 saturated carbocycles. The lowest BCUT2D eigenvalue weighted by molar-refractivity contribution is 0.638. The zero-order valence-electron chi connectivity index (χ0n) is 6.45. The van der Waals surface area contributed by atoms with Gasteiger partial charge in [0.05, 0.1) is 0 Å². The molecule has 0 amide bonds. The molecule has 2 heterocycles. The second-order valence-electron chi connectivity index (χ2n) is 2.94. The zero-order valence-corrected chi connectivity index (χ0v) is 6.45. The monoisotopic (exact) mass is 152 g/mol. The van der Waals surface area contributed by atoms with Crippen LogP contribution in [-0.4, -0.2) is 14.8 Å². The highest BCUT2D eigenvalue weighted by molar-refractivity contribution is 5.17. The number of nitrogens with zero attached hydrogens (tertiary/aromatic N) is 3. The fourth-order valence-corrected chi connectivity index (χ4v) is 1.51. The van der Waals surface area contributed by atoms with Crippen LogP contribution in [0.5, 0.6) is 0 Å². The quantitative estimate of drug-likeness (QED) is 0.591. The van der Waals surface area contributed by atoms with E-state index in [0.717, 1.165) is 18.8 Å². The van der Waals surface area contributed by atoms with E-state index in [-0.39, 0.29) is 0 Å². The second kappa shape index (κ2) is 2.53. The van der Waals surface area contributed by atoms with Gasteiger partial charge in [-0.2, -0.15) is 0 Å². The van der Waals surface area contributed by atoms with Gasteiger partial charge in [-0.15, -0.1) is 10.2 Å². The van der Waals surface area contributed by atoms with Crippen LogP contribution in [0.2, 0.25) is 0 Å². The van der Waals surface area contributed by atoms with Crippen LogP contribution in [0.1, 0.15) is 25.1 Å². The summed E-state index contributed by atoms with van der Waals surface area (Å²) in [4.78, 5) is 0. The Morgan fingerprint density at radius 3 is 3.00 bits per heavy atom. The fourth-order valence-electron chi connectivity index (χ4n) is 1.51. The topological polar surface area (TPSA) is 56.7 Å². The maximum Gasteiger partial charge on any atom is 0.221 e. The van der Waals surface area contributed by atoms with Gasteiger partial charge in [-0.05, 0) is 12.8 Å². The van der Waals surface area contributed by atoms with E-state index in [1.165, 1.54) is 19.3 Å². The molecule has 0 aliphatic carbocycles. The van der Waals surface area contributed by atoms with Crippen molar-refractivity contribution in [3.63, 3.8) is 0 Å². The van der Waals surface area contributed by atoms with Gasteiger partial charge in [0.2, 0.25) is 5.95 Å². The molecule has 0 atom stereocenters. The summed E-state index contributed by atoms with van der Waals surface area (Å²) in [5, 5.41) is 7.83. The molecule has 1 aliphatic heterocycles. The lowest BCUT2D eigenvalue weighted by Crippen LogP contribution is -2.04. The van der Waals surface area contributed by atoms with E-state index in [4.69, 9.17) is 5.73 Å². The van der Waals surface area contributed by atoms with Crippen LogP contribution in [0.25, 0.3) is 0 Å². The number of anilines is 1. The third-order valence-electron chi connectivity index (χ3n) is 2.14. The molecule has 0 fully saturated rings. The van der Waals surface area contributed by atoms with Crippen LogP contribution < -0.4 is 5.73 Å². The minimum Gasteiger partial charge on any atom is -0.368 e. The number of hydrogen-bond donors (Lipinski definition) is 1. The van der Waals surface area contributed by atoms with Gasteiger partial charge in [-0.3, -0.25) is 4.57 Å². The molecule has 0 aromatic carbocycles. The first-order valence-corrected chi connectivity index (χ1v) is 4.05. The Hall–Kier alpha value is -1.06. The van der Waals surface area contributed by atoms with Gasteiger partial charge in [0.25, 0.3) is 0 Å². The molecular formula is C7H12N4. The molecule has 2 rings (SSSR count). The summed E-state index contributed by atoms with van der Waals surface area (Å²) in [6, 6.07) is 0. The van der Waals surface area contributed by atoms with Gasteiger partial charge in [0.15, 0.2) is 0 Å². The van der Waals surface area contributed by atoms with Crippen LogP contribution >= 0.6 is 0 Å². The Morgan fingerprint density at radius 2 is 2.09 bits per heavy atom. The maximum absolute atomic E-state index is 5.62. The van der Waals surface area contributed by atoms with Crippen LogP contribution in [0.15, 0.2) is 0 Å². The molecule has 0 unspecified atom stereocenters. The van der Waals surface area contributed by atoms with Crippen LogP contribution in [0, 0.1) is 0 Å². The average Bonchev–Trinajstić information content (AvgIpc) is 2.25. The molecule has 0 radical (unpaired) electrons. The van der Waals surface area contributed by atoms with Gasteiger partial charge >= 0.3 is 0 Å². The predicted octanol–water partition coefficient (Wildman–Crippen LogP) is 0.587. The van der Waals surface area contributed by atoms with Crippen molar-refractivity contribution in [1.82, 2.24) is 14.8 Å². The van der Waals surface area contributed by atoms with Crippen LogP contribution in [0.3, 0.4) is 0 Å². The van der Waals surface area contributed by atoms with Gasteiger partial charge in [0.1, 0.15) is 5.82 Å². The molecule has 60 valence electrons. The van der Waals surface area contributed by atoms with E-state index in [1.807, 2.05) is 4.57 Å². The summed E-state index contributed by atoms with van der Waals surface area (Å²) < 4.78 is 2.02. The molecule has 4 heteroatoms. The Labute approximate surface area is 65.4 Å².